The highest BCUT2D eigenvalue weighted by Gasteiger charge is 2.43. The fraction of sp³-hybridized carbons (Fsp3) is 0.960. The van der Waals surface area contributed by atoms with Gasteiger partial charge in [0, 0.05) is 34.5 Å². The Bertz CT molecular complexity index is 896. The topological polar surface area (TPSA) is 58.7 Å². The summed E-state index contributed by atoms with van der Waals surface area (Å²) in [6, 6.07) is 1.30. The maximum Gasteiger partial charge on any atom is 0.331 e. The lowest BCUT2D eigenvalue weighted by Gasteiger charge is -2.34. The van der Waals surface area contributed by atoms with E-state index in [1.807, 2.05) is 14.2 Å². The van der Waals surface area contributed by atoms with E-state index in [-0.39, 0.29) is 66.8 Å². The van der Waals surface area contributed by atoms with Crippen molar-refractivity contribution in [2.45, 2.75) is 253 Å². The molecule has 0 aromatic rings. The molecule has 6 rings (SSSR count). The number of methoxy groups -OCH3 is 1. The normalized spacial score (nSPS) is 29.1. The van der Waals surface area contributed by atoms with Gasteiger partial charge < -0.3 is 27.2 Å². The molecule has 0 amide bonds. The Kier molecular flexibility index (Phi) is 51.5. The molecular formula is C50H120O6Si3. The monoisotopic (exact) mass is 901 g/mol. The van der Waals surface area contributed by atoms with Crippen molar-refractivity contribution in [1.82, 2.24) is 0 Å². The van der Waals surface area contributed by atoms with Crippen molar-refractivity contribution in [3.63, 3.8) is 0 Å². The van der Waals surface area contributed by atoms with E-state index in [1.54, 1.807) is 14.2 Å². The van der Waals surface area contributed by atoms with Crippen LogP contribution in [0.1, 0.15) is 183 Å². The molecule has 1 heterocycles. The molecule has 6 fully saturated rings. The zero-order valence-electron chi connectivity index (χ0n) is 35.1. The predicted octanol–water partition coefficient (Wildman–Crippen LogP) is 16.9. The first-order valence-corrected chi connectivity index (χ1v) is 29.5. The van der Waals surface area contributed by atoms with Crippen LogP contribution in [-0.4, -0.2) is 78.8 Å². The zero-order valence-corrected chi connectivity index (χ0v) is 38.3. The van der Waals surface area contributed by atoms with Crippen LogP contribution in [0.15, 0.2) is 12.7 Å². The molecule has 0 aromatic heterocycles. The van der Waals surface area contributed by atoms with Gasteiger partial charge in [-0.2, -0.15) is 0 Å². The molecule has 6 aliphatic rings. The van der Waals surface area contributed by atoms with Crippen molar-refractivity contribution >= 4 is 25.9 Å². The number of epoxide rings is 1. The van der Waals surface area contributed by atoms with Crippen LogP contribution in [0, 0.1) is 35.5 Å². The lowest BCUT2D eigenvalue weighted by atomic mass is 9.79. The number of ether oxygens (including phenoxy) is 2. The minimum atomic E-state index is -1.81. The molecule has 368 valence electrons. The third kappa shape index (κ3) is 31.6. The summed E-state index contributed by atoms with van der Waals surface area (Å²) < 4.78 is 32.7. The first-order chi connectivity index (χ1) is 23.7. The van der Waals surface area contributed by atoms with Crippen LogP contribution in [0.25, 0.3) is 0 Å². The van der Waals surface area contributed by atoms with Gasteiger partial charge in [0.2, 0.25) is 0 Å². The molecule has 5 aliphatic carbocycles. The van der Waals surface area contributed by atoms with Gasteiger partial charge in [-0.3, -0.25) is 0 Å². The lowest BCUT2D eigenvalue weighted by Crippen LogP contribution is -2.41. The standard InChI is InChI=1S/C13H28O2Si.C10H22O2Si.C9H14.C6H10O.C3H10OSi.9CH4/c1-11-10-12(6-7-13(11)14-2)8-9-16(4,5)15-3;1-9-7-5-6-8-10(9)12-13(3,4)11-2;1-2-7-4-3-5-8-6-9(7)8;1-2-4-6-5(3-1)7-6;1-4-5(2)3;;;;;;;;;/h11-13H,6-10H2,1-5H3;9-10H,5-8H2,1-4H3;2,7-9H,1,3-6H2;5-6H,1-4H2;5H,1-3H3;9*1H4. The maximum atomic E-state index is 6.06. The number of rotatable bonds is 10. The second kappa shape index (κ2) is 39.7. The molecule has 10 unspecified atom stereocenters. The predicted molar refractivity (Wildman–Crippen MR) is 281 cm³/mol. The molecule has 1 saturated heterocycles. The van der Waals surface area contributed by atoms with Crippen molar-refractivity contribution < 1.29 is 27.2 Å². The van der Waals surface area contributed by atoms with Gasteiger partial charge in [0.1, 0.15) is 0 Å². The smallest absolute Gasteiger partial charge is 0.331 e. The first-order valence-electron chi connectivity index (χ1n) is 20.8. The third-order valence-corrected chi connectivity index (χ3v) is 17.9. The van der Waals surface area contributed by atoms with Gasteiger partial charge in [0.25, 0.3) is 0 Å². The van der Waals surface area contributed by atoms with Crippen molar-refractivity contribution in [1.29, 1.82) is 0 Å². The Labute approximate surface area is 381 Å². The molecule has 9 heteroatoms. The largest absolute Gasteiger partial charge is 0.424 e. The van der Waals surface area contributed by atoms with Crippen molar-refractivity contribution in [2.24, 2.45) is 35.5 Å². The molecular weight excluding hydrogens is 781 g/mol. The third-order valence-electron chi connectivity index (χ3n) is 12.5. The second-order valence-corrected chi connectivity index (χ2v) is 28.2. The van der Waals surface area contributed by atoms with Gasteiger partial charge in [-0.05, 0) is 139 Å². The van der Waals surface area contributed by atoms with Gasteiger partial charge in [-0.25, -0.2) is 0 Å². The summed E-state index contributed by atoms with van der Waals surface area (Å²) >= 11 is 0. The lowest BCUT2D eigenvalue weighted by molar-refractivity contribution is 0.0147. The summed E-state index contributed by atoms with van der Waals surface area (Å²) in [5.41, 5.74) is 0. The Morgan fingerprint density at radius 3 is 1.56 bits per heavy atom. The van der Waals surface area contributed by atoms with Gasteiger partial charge in [-0.1, -0.05) is 132 Å². The van der Waals surface area contributed by atoms with Gasteiger partial charge in [-0.15, -0.1) is 6.58 Å². The average molecular weight is 902 g/mol. The molecule has 6 nitrogen and oxygen atoms in total. The van der Waals surface area contributed by atoms with E-state index < -0.39 is 25.9 Å². The summed E-state index contributed by atoms with van der Waals surface area (Å²) in [6.07, 6.45) is 26.4. The van der Waals surface area contributed by atoms with Crippen LogP contribution in [0.4, 0.5) is 0 Å². The highest BCUT2D eigenvalue weighted by atomic mass is 28.4. The molecule has 59 heavy (non-hydrogen) atoms. The van der Waals surface area contributed by atoms with Crippen LogP contribution in [0.2, 0.25) is 45.3 Å². The highest BCUT2D eigenvalue weighted by molar-refractivity contribution is 6.71. The fourth-order valence-electron chi connectivity index (χ4n) is 8.24. The van der Waals surface area contributed by atoms with Gasteiger partial charge in [0.05, 0.1) is 18.3 Å². The quantitative estimate of drug-likeness (QED) is 0.124. The number of hydrogen-bond donors (Lipinski definition) is 0. The zero-order chi connectivity index (χ0) is 37.3. The van der Waals surface area contributed by atoms with E-state index in [2.05, 4.69) is 65.8 Å². The molecule has 0 bridgehead atoms. The molecule has 1 aliphatic heterocycles. The summed E-state index contributed by atoms with van der Waals surface area (Å²) in [4.78, 5) is 0. The van der Waals surface area contributed by atoms with Crippen molar-refractivity contribution in [3.8, 4) is 0 Å². The van der Waals surface area contributed by atoms with Crippen LogP contribution in [0.3, 0.4) is 0 Å². The second-order valence-electron chi connectivity index (χ2n) is 17.7. The highest BCUT2D eigenvalue weighted by Crippen LogP contribution is 2.53. The number of allylic oxidation sites excluding steroid dienone is 1. The number of fused-ring (bicyclic) bond motifs is 2. The van der Waals surface area contributed by atoms with Gasteiger partial charge in [0.15, 0.2) is 17.4 Å². The van der Waals surface area contributed by atoms with E-state index in [0.717, 1.165) is 35.5 Å². The van der Waals surface area contributed by atoms with E-state index in [9.17, 15) is 0 Å². The van der Waals surface area contributed by atoms with Crippen LogP contribution >= 0.6 is 0 Å². The summed E-state index contributed by atoms with van der Waals surface area (Å²) in [5, 5.41) is 0. The first kappa shape index (κ1) is 76.4. The minimum absolute atomic E-state index is 0. The Morgan fingerprint density at radius 1 is 0.627 bits per heavy atom. The summed E-state index contributed by atoms with van der Waals surface area (Å²) in [7, 11) is 3.45. The molecule has 5 saturated carbocycles. The van der Waals surface area contributed by atoms with E-state index in [1.165, 1.54) is 109 Å². The summed E-state index contributed by atoms with van der Waals surface area (Å²) in [5.74, 6) is 5.43. The molecule has 0 spiro atoms. The molecule has 0 N–H and O–H groups in total. The van der Waals surface area contributed by atoms with E-state index in [4.69, 9.17) is 27.2 Å². The van der Waals surface area contributed by atoms with Crippen LogP contribution in [0.5, 0.6) is 0 Å². The van der Waals surface area contributed by atoms with E-state index >= 15 is 0 Å². The van der Waals surface area contributed by atoms with Crippen molar-refractivity contribution in [3.05, 3.63) is 12.7 Å². The van der Waals surface area contributed by atoms with Gasteiger partial charge >= 0.3 is 8.56 Å². The van der Waals surface area contributed by atoms with Crippen LogP contribution < -0.4 is 0 Å². The molecule has 0 aromatic carbocycles. The molecule has 0 radical (unpaired) electrons. The Morgan fingerprint density at radius 2 is 1.15 bits per heavy atom. The molecule has 10 atom stereocenters. The van der Waals surface area contributed by atoms with Crippen molar-refractivity contribution in [2.75, 3.05) is 28.4 Å². The minimum Gasteiger partial charge on any atom is -0.424 e. The maximum absolute atomic E-state index is 6.06. The summed E-state index contributed by atoms with van der Waals surface area (Å²) in [6.45, 7) is 21.6. The Hall–Kier alpha value is 0.151. The average Bonchev–Trinajstić information content (AvgIpc) is 4.04. The number of hydrogen-bond acceptors (Lipinski definition) is 6. The van der Waals surface area contributed by atoms with Crippen LogP contribution in [-0.2, 0) is 27.2 Å². The SMILES string of the molecule is C.C.C.C.C.C.C.C.C.C1CCC2OC2C1.C=CC1CCCC2CC12.COC1CCC(CC[Si](C)(C)OC)CC1C.CO[SiH](C)C.CO[Si](C)(C)OC1CCCCC1C. The Balaban J connectivity index is -0.0000000920. The fourth-order valence-corrected chi connectivity index (χ4v) is 10.7. The van der Waals surface area contributed by atoms with E-state index in [0.29, 0.717) is 24.4 Å².